The molecule has 1 aromatic carbocycles. The van der Waals surface area contributed by atoms with Crippen LogP contribution in [0.4, 0.5) is 16.0 Å². The minimum Gasteiger partial charge on any atom is -0.383 e. The molecule has 12 heteroatoms. The molecule has 39 heavy (non-hydrogen) atoms. The van der Waals surface area contributed by atoms with Crippen molar-refractivity contribution in [1.82, 2.24) is 29.6 Å². The Bertz CT molecular complexity index is 1690. The van der Waals surface area contributed by atoms with Gasteiger partial charge in [0.05, 0.1) is 17.5 Å². The standard InChI is InChI=1S/C27H22FN9O2/c1-14(11-29)27(39)36-12-15-8-19(36)20(9-15)37-25-22(24(30)32-13-33-25)23(35-37)17-6-5-16(10-18(17)28)26(38)34-21-4-2-3-7-31-21/h2-7,10,13,15,19-20H,1,8-9,12H2,(H2,30,32,33)(H,31,34,38)/t15-,19-,20-/m1/s1. The van der Waals surface area contributed by atoms with Gasteiger partial charge in [0.1, 0.15) is 41.1 Å². The number of anilines is 2. The molecule has 2 aliphatic rings. The Morgan fingerprint density at radius 2 is 1.97 bits per heavy atom. The minimum absolute atomic E-state index is 0.106. The van der Waals surface area contributed by atoms with Gasteiger partial charge in [0.25, 0.3) is 11.8 Å². The number of nitrogens with zero attached hydrogens (tertiary/aromatic N) is 7. The second-order valence-corrected chi connectivity index (χ2v) is 9.63. The fourth-order valence-electron chi connectivity index (χ4n) is 5.60. The number of rotatable bonds is 5. The van der Waals surface area contributed by atoms with Crippen LogP contribution in [0.2, 0.25) is 0 Å². The third-order valence-electron chi connectivity index (χ3n) is 7.33. The van der Waals surface area contributed by atoms with Crippen LogP contribution in [0.5, 0.6) is 0 Å². The van der Waals surface area contributed by atoms with E-state index >= 15 is 4.39 Å². The molecular formula is C27H22FN9O2. The molecule has 194 valence electrons. The summed E-state index contributed by atoms with van der Waals surface area (Å²) in [6, 6.07) is 10.5. The van der Waals surface area contributed by atoms with Crippen LogP contribution >= 0.6 is 0 Å². The van der Waals surface area contributed by atoms with Crippen molar-refractivity contribution >= 4 is 34.5 Å². The Labute approximate surface area is 221 Å². The van der Waals surface area contributed by atoms with Gasteiger partial charge in [-0.05, 0) is 49.1 Å². The van der Waals surface area contributed by atoms with Gasteiger partial charge in [-0.15, -0.1) is 0 Å². The molecule has 1 aliphatic heterocycles. The smallest absolute Gasteiger partial charge is 0.264 e. The van der Waals surface area contributed by atoms with Crippen molar-refractivity contribution in [3.05, 3.63) is 72.5 Å². The van der Waals surface area contributed by atoms with Gasteiger partial charge in [-0.2, -0.15) is 10.4 Å². The molecule has 11 nitrogen and oxygen atoms in total. The highest BCUT2D eigenvalue weighted by molar-refractivity contribution is 6.04. The maximum atomic E-state index is 15.5. The number of pyridine rings is 1. The van der Waals surface area contributed by atoms with E-state index in [-0.39, 0.29) is 46.2 Å². The number of nitrogens with one attached hydrogen (secondary N) is 1. The summed E-state index contributed by atoms with van der Waals surface area (Å²) in [6.07, 6.45) is 4.34. The van der Waals surface area contributed by atoms with Crippen molar-refractivity contribution in [3.63, 3.8) is 0 Å². The van der Waals surface area contributed by atoms with E-state index in [0.717, 1.165) is 18.9 Å². The number of hydrogen-bond donors (Lipinski definition) is 2. The highest BCUT2D eigenvalue weighted by atomic mass is 19.1. The summed E-state index contributed by atoms with van der Waals surface area (Å²) >= 11 is 0. The Morgan fingerprint density at radius 1 is 1.15 bits per heavy atom. The molecule has 3 N–H and O–H groups in total. The maximum absolute atomic E-state index is 15.5. The van der Waals surface area contributed by atoms with Gasteiger partial charge in [0, 0.05) is 23.9 Å². The van der Waals surface area contributed by atoms with Gasteiger partial charge in [-0.3, -0.25) is 9.59 Å². The highest BCUT2D eigenvalue weighted by Crippen LogP contribution is 2.46. The van der Waals surface area contributed by atoms with Crippen molar-refractivity contribution in [2.75, 3.05) is 17.6 Å². The van der Waals surface area contributed by atoms with Gasteiger partial charge in [-0.25, -0.2) is 24.0 Å². The van der Waals surface area contributed by atoms with E-state index in [0.29, 0.717) is 23.4 Å². The molecule has 2 bridgehead atoms. The van der Waals surface area contributed by atoms with E-state index in [2.05, 4.69) is 26.8 Å². The van der Waals surface area contributed by atoms with Crippen molar-refractivity contribution < 1.29 is 14.0 Å². The van der Waals surface area contributed by atoms with Crippen molar-refractivity contribution in [2.24, 2.45) is 5.92 Å². The number of amides is 2. The quantitative estimate of drug-likeness (QED) is 0.299. The van der Waals surface area contributed by atoms with Crippen molar-refractivity contribution in [3.8, 4) is 17.3 Å². The molecule has 1 saturated carbocycles. The van der Waals surface area contributed by atoms with Crippen molar-refractivity contribution in [2.45, 2.75) is 24.9 Å². The van der Waals surface area contributed by atoms with E-state index in [1.54, 1.807) is 34.0 Å². The van der Waals surface area contributed by atoms with E-state index in [9.17, 15) is 9.59 Å². The second-order valence-electron chi connectivity index (χ2n) is 9.63. The minimum atomic E-state index is -0.673. The van der Waals surface area contributed by atoms with E-state index in [1.807, 2.05) is 6.07 Å². The lowest BCUT2D eigenvalue weighted by Gasteiger charge is -2.33. The Hall–Kier alpha value is -5.18. The zero-order valence-electron chi connectivity index (χ0n) is 20.6. The second kappa shape index (κ2) is 9.29. The first-order valence-corrected chi connectivity index (χ1v) is 12.3. The Balaban J connectivity index is 1.37. The summed E-state index contributed by atoms with van der Waals surface area (Å²) in [4.78, 5) is 39.6. The molecule has 3 atom stereocenters. The highest BCUT2D eigenvalue weighted by Gasteiger charge is 2.49. The molecule has 0 radical (unpaired) electrons. The number of aromatic nitrogens is 5. The first-order valence-electron chi connectivity index (χ1n) is 12.3. The molecule has 4 aromatic rings. The van der Waals surface area contributed by atoms with Crippen LogP contribution < -0.4 is 11.1 Å². The zero-order valence-corrected chi connectivity index (χ0v) is 20.6. The lowest BCUT2D eigenvalue weighted by atomic mass is 10.0. The van der Waals surface area contributed by atoms with Crippen LogP contribution in [0.25, 0.3) is 22.3 Å². The Morgan fingerprint density at radius 3 is 2.69 bits per heavy atom. The normalized spacial score (nSPS) is 19.7. The summed E-state index contributed by atoms with van der Waals surface area (Å²) in [5, 5.41) is 16.9. The summed E-state index contributed by atoms with van der Waals surface area (Å²) in [5.41, 5.74) is 6.99. The Kier molecular flexibility index (Phi) is 5.76. The van der Waals surface area contributed by atoms with Gasteiger partial charge in [0.2, 0.25) is 0 Å². The molecule has 2 fully saturated rings. The van der Waals surface area contributed by atoms with Crippen LogP contribution in [0.3, 0.4) is 0 Å². The van der Waals surface area contributed by atoms with Crippen LogP contribution in [0.1, 0.15) is 29.2 Å². The topological polar surface area (TPSA) is 156 Å². The number of piperidine rings is 1. The largest absolute Gasteiger partial charge is 0.383 e. The third kappa shape index (κ3) is 4.04. The number of halogens is 1. The molecule has 0 unspecified atom stereocenters. The lowest BCUT2D eigenvalue weighted by molar-refractivity contribution is -0.129. The molecule has 4 heterocycles. The molecule has 2 amide bonds. The number of benzene rings is 1. The van der Waals surface area contributed by atoms with Crippen LogP contribution in [-0.2, 0) is 4.79 Å². The molecular weight excluding hydrogens is 501 g/mol. The number of fused-ring (bicyclic) bond motifs is 3. The first kappa shape index (κ1) is 24.2. The predicted molar refractivity (Wildman–Crippen MR) is 139 cm³/mol. The molecule has 1 saturated heterocycles. The third-order valence-corrected chi connectivity index (χ3v) is 7.33. The zero-order chi connectivity index (χ0) is 27.3. The number of carbonyl (C=O) groups excluding carboxylic acids is 2. The summed E-state index contributed by atoms with van der Waals surface area (Å²) in [7, 11) is 0. The summed E-state index contributed by atoms with van der Waals surface area (Å²) in [5.74, 6) is -0.876. The fourth-order valence-corrected chi connectivity index (χ4v) is 5.60. The van der Waals surface area contributed by atoms with E-state index < -0.39 is 17.6 Å². The fraction of sp³-hybridized carbons (Fsp3) is 0.222. The summed E-state index contributed by atoms with van der Waals surface area (Å²) in [6.45, 7) is 4.11. The van der Waals surface area contributed by atoms with Gasteiger partial charge < -0.3 is 16.0 Å². The maximum Gasteiger partial charge on any atom is 0.264 e. The average Bonchev–Trinajstić information content (AvgIpc) is 3.66. The van der Waals surface area contributed by atoms with Crippen LogP contribution in [-0.4, -0.2) is 54.0 Å². The molecule has 3 aromatic heterocycles. The lowest BCUT2D eigenvalue weighted by Crippen LogP contribution is -2.43. The average molecular weight is 524 g/mol. The molecule has 1 aliphatic carbocycles. The van der Waals surface area contributed by atoms with Crippen LogP contribution in [0.15, 0.2) is 61.1 Å². The van der Waals surface area contributed by atoms with E-state index in [1.165, 1.54) is 18.5 Å². The number of nitrogens with two attached hydrogens (primary N) is 1. The van der Waals surface area contributed by atoms with Gasteiger partial charge >= 0.3 is 0 Å². The number of hydrogen-bond acceptors (Lipinski definition) is 8. The first-order chi connectivity index (χ1) is 18.9. The monoisotopic (exact) mass is 523 g/mol. The van der Waals surface area contributed by atoms with Crippen LogP contribution in [0, 0.1) is 23.1 Å². The van der Waals surface area contributed by atoms with Crippen molar-refractivity contribution in [1.29, 1.82) is 5.26 Å². The SMILES string of the molecule is C=C(C#N)C(=O)N1C[C@@H]2C[C@@H]1[C@H](n1nc(-c3ccc(C(=O)Nc4ccccn4)cc3F)c3c(N)ncnc31)C2. The molecule has 0 spiro atoms. The number of carbonyl (C=O) groups is 2. The van der Waals surface area contributed by atoms with E-state index in [4.69, 9.17) is 16.1 Å². The van der Waals surface area contributed by atoms with Gasteiger partial charge in [-0.1, -0.05) is 12.6 Å². The number of nitrogen functional groups attached to an aromatic ring is 1. The summed E-state index contributed by atoms with van der Waals surface area (Å²) < 4.78 is 17.2. The number of likely N-dealkylation sites (tertiary alicyclic amines) is 1. The van der Waals surface area contributed by atoms with Gasteiger partial charge in [0.15, 0.2) is 5.65 Å². The number of nitriles is 1. The molecule has 6 rings (SSSR count). The predicted octanol–water partition coefficient (Wildman–Crippen LogP) is 3.10.